The molecule has 0 atom stereocenters. The van der Waals surface area contributed by atoms with Crippen LogP contribution in [0.15, 0.2) is 60.7 Å². The van der Waals surface area contributed by atoms with Crippen LogP contribution in [0.2, 0.25) is 5.02 Å². The Balaban J connectivity index is 1.51. The fourth-order valence-electron chi connectivity index (χ4n) is 2.99. The number of rotatable bonds is 6. The molecule has 2 N–H and O–H groups in total. The van der Waals surface area contributed by atoms with Crippen molar-refractivity contribution in [2.24, 2.45) is 0 Å². The number of aryl methyl sites for hydroxylation is 1. The summed E-state index contributed by atoms with van der Waals surface area (Å²) in [5, 5.41) is 13.9. The van der Waals surface area contributed by atoms with Gasteiger partial charge in [-0.15, -0.1) is 0 Å². The molecular weight excluding hydrogens is 405 g/mol. The minimum absolute atomic E-state index is 0.0743. The molecule has 4 rings (SSSR count). The summed E-state index contributed by atoms with van der Waals surface area (Å²) in [6.07, 6.45) is 0.700. The molecule has 0 aliphatic rings. The van der Waals surface area contributed by atoms with Crippen LogP contribution >= 0.6 is 11.6 Å². The van der Waals surface area contributed by atoms with Crippen molar-refractivity contribution in [1.29, 1.82) is 0 Å². The van der Waals surface area contributed by atoms with Crippen molar-refractivity contribution in [1.82, 2.24) is 9.97 Å². The Morgan fingerprint density at radius 1 is 1.03 bits per heavy atom. The van der Waals surface area contributed by atoms with E-state index in [2.05, 4.69) is 15.3 Å². The Bertz CT molecular complexity index is 1200. The second kappa shape index (κ2) is 8.55. The maximum absolute atomic E-state index is 13.2. The molecule has 0 unspecified atom stereocenters. The van der Waals surface area contributed by atoms with Gasteiger partial charge >= 0.3 is 0 Å². The zero-order chi connectivity index (χ0) is 21.1. The van der Waals surface area contributed by atoms with E-state index >= 15 is 0 Å². The van der Waals surface area contributed by atoms with Gasteiger partial charge in [-0.3, -0.25) is 0 Å². The molecular formula is C23H19ClFN3O2. The number of fused-ring (bicyclic) bond motifs is 1. The highest BCUT2D eigenvalue weighted by Crippen LogP contribution is 2.28. The van der Waals surface area contributed by atoms with Crippen LogP contribution in [0.4, 0.5) is 15.9 Å². The molecule has 0 saturated carbocycles. The molecule has 0 bridgehead atoms. The van der Waals surface area contributed by atoms with Crippen molar-refractivity contribution >= 4 is 34.0 Å². The highest BCUT2D eigenvalue weighted by molar-refractivity contribution is 6.30. The molecule has 4 aromatic rings. The Kier molecular flexibility index (Phi) is 5.68. The summed E-state index contributed by atoms with van der Waals surface area (Å²) in [6.45, 7) is 2.27. The third kappa shape index (κ3) is 4.44. The topological polar surface area (TPSA) is 67.3 Å². The Morgan fingerprint density at radius 3 is 2.57 bits per heavy atom. The van der Waals surface area contributed by atoms with Crippen LogP contribution in [0.5, 0.6) is 11.5 Å². The molecule has 0 fully saturated rings. The molecule has 30 heavy (non-hydrogen) atoms. The second-order valence-corrected chi connectivity index (χ2v) is 7.14. The molecule has 5 nitrogen and oxygen atoms in total. The summed E-state index contributed by atoms with van der Waals surface area (Å²) in [5.41, 5.74) is 2.36. The monoisotopic (exact) mass is 423 g/mol. The maximum Gasteiger partial charge on any atom is 0.142 e. The zero-order valence-electron chi connectivity index (χ0n) is 16.2. The van der Waals surface area contributed by atoms with Crippen LogP contribution in [0.3, 0.4) is 0 Å². The molecule has 1 heterocycles. The quantitative estimate of drug-likeness (QED) is 0.397. The van der Waals surface area contributed by atoms with Gasteiger partial charge in [-0.25, -0.2) is 14.4 Å². The van der Waals surface area contributed by atoms with Crippen LogP contribution < -0.4 is 10.1 Å². The number of phenols is 1. The van der Waals surface area contributed by atoms with Crippen LogP contribution in [-0.4, -0.2) is 15.1 Å². The van der Waals surface area contributed by atoms with E-state index in [1.54, 1.807) is 30.3 Å². The average Bonchev–Trinajstić information content (AvgIpc) is 2.75. The molecule has 0 radical (unpaired) electrons. The van der Waals surface area contributed by atoms with Crippen LogP contribution in [-0.2, 0) is 13.0 Å². The third-order valence-electron chi connectivity index (χ3n) is 4.55. The van der Waals surface area contributed by atoms with E-state index in [0.29, 0.717) is 23.8 Å². The normalized spacial score (nSPS) is 10.9. The standard InChI is InChI=1S/C23H19ClFN3O2/c1-2-22-27-21-10-6-16(29)12-18(21)23(28-22)26-15-4-7-17(8-5-15)30-13-14-3-9-20(25)19(24)11-14/h3-12,29H,2,13H2,1H3,(H,26,27,28). The molecule has 0 saturated heterocycles. The maximum atomic E-state index is 13.2. The van der Waals surface area contributed by atoms with Crippen molar-refractivity contribution in [3.8, 4) is 11.5 Å². The van der Waals surface area contributed by atoms with E-state index in [9.17, 15) is 9.50 Å². The number of ether oxygens (including phenoxy) is 1. The lowest BCUT2D eigenvalue weighted by Crippen LogP contribution is -2.01. The van der Waals surface area contributed by atoms with Gasteiger partial charge in [-0.1, -0.05) is 24.6 Å². The Hall–Kier alpha value is -3.38. The predicted octanol–water partition coefficient (Wildman–Crippen LogP) is 6.01. The van der Waals surface area contributed by atoms with E-state index in [-0.39, 0.29) is 17.4 Å². The zero-order valence-corrected chi connectivity index (χ0v) is 16.9. The smallest absolute Gasteiger partial charge is 0.142 e. The number of aromatic hydroxyl groups is 1. The summed E-state index contributed by atoms with van der Waals surface area (Å²) in [4.78, 5) is 9.06. The van der Waals surface area contributed by atoms with E-state index in [1.165, 1.54) is 6.07 Å². The number of nitrogens with one attached hydrogen (secondary N) is 1. The minimum Gasteiger partial charge on any atom is -0.508 e. The van der Waals surface area contributed by atoms with Gasteiger partial charge in [-0.2, -0.15) is 0 Å². The first-order valence-electron chi connectivity index (χ1n) is 9.45. The number of anilines is 2. The fraction of sp³-hybridized carbons (Fsp3) is 0.130. The number of benzene rings is 3. The number of nitrogens with zero attached hydrogens (tertiary/aromatic N) is 2. The average molecular weight is 424 g/mol. The van der Waals surface area contributed by atoms with Crippen molar-refractivity contribution in [3.05, 3.63) is 82.9 Å². The highest BCUT2D eigenvalue weighted by atomic mass is 35.5. The van der Waals surface area contributed by atoms with E-state index in [4.69, 9.17) is 16.3 Å². The van der Waals surface area contributed by atoms with Gasteiger partial charge < -0.3 is 15.2 Å². The first-order chi connectivity index (χ1) is 14.5. The number of halogens is 2. The summed E-state index contributed by atoms with van der Waals surface area (Å²) >= 11 is 5.80. The van der Waals surface area contributed by atoms with Crippen molar-refractivity contribution in [3.63, 3.8) is 0 Å². The summed E-state index contributed by atoms with van der Waals surface area (Å²) < 4.78 is 19.0. The van der Waals surface area contributed by atoms with E-state index < -0.39 is 5.82 Å². The number of aromatic nitrogens is 2. The third-order valence-corrected chi connectivity index (χ3v) is 4.84. The first kappa shape index (κ1) is 19.9. The lowest BCUT2D eigenvalue weighted by atomic mass is 10.2. The van der Waals surface area contributed by atoms with Gasteiger partial charge in [0, 0.05) is 17.5 Å². The van der Waals surface area contributed by atoms with Gasteiger partial charge in [0.1, 0.15) is 35.6 Å². The molecule has 0 spiro atoms. The lowest BCUT2D eigenvalue weighted by Gasteiger charge is -2.12. The summed E-state index contributed by atoms with van der Waals surface area (Å²) in [6, 6.07) is 16.9. The molecule has 0 aliphatic heterocycles. The predicted molar refractivity (Wildman–Crippen MR) is 116 cm³/mol. The van der Waals surface area contributed by atoms with Gasteiger partial charge in [0.05, 0.1) is 10.5 Å². The van der Waals surface area contributed by atoms with Crippen molar-refractivity contribution in [2.45, 2.75) is 20.0 Å². The SMILES string of the molecule is CCc1nc(Nc2ccc(OCc3ccc(F)c(Cl)c3)cc2)c2cc(O)ccc2n1. The number of hydrogen-bond acceptors (Lipinski definition) is 5. The van der Waals surface area contributed by atoms with Gasteiger partial charge in [0.2, 0.25) is 0 Å². The van der Waals surface area contributed by atoms with Gasteiger partial charge in [0.15, 0.2) is 0 Å². The number of hydrogen-bond donors (Lipinski definition) is 2. The molecule has 3 aromatic carbocycles. The van der Waals surface area contributed by atoms with Crippen molar-refractivity contribution in [2.75, 3.05) is 5.32 Å². The van der Waals surface area contributed by atoms with Crippen LogP contribution in [0, 0.1) is 5.82 Å². The summed E-state index contributed by atoms with van der Waals surface area (Å²) in [5.74, 6) is 1.71. The second-order valence-electron chi connectivity index (χ2n) is 6.73. The molecule has 7 heteroatoms. The lowest BCUT2D eigenvalue weighted by molar-refractivity contribution is 0.306. The van der Waals surface area contributed by atoms with Crippen molar-refractivity contribution < 1.29 is 14.2 Å². The largest absolute Gasteiger partial charge is 0.508 e. The fourth-order valence-corrected chi connectivity index (χ4v) is 3.19. The Morgan fingerprint density at radius 2 is 1.83 bits per heavy atom. The van der Waals surface area contributed by atoms with Crippen LogP contribution in [0.1, 0.15) is 18.3 Å². The minimum atomic E-state index is -0.451. The van der Waals surface area contributed by atoms with Gasteiger partial charge in [0.25, 0.3) is 0 Å². The molecule has 0 amide bonds. The summed E-state index contributed by atoms with van der Waals surface area (Å²) in [7, 11) is 0. The van der Waals surface area contributed by atoms with E-state index in [0.717, 1.165) is 22.2 Å². The Labute approximate surface area is 178 Å². The van der Waals surface area contributed by atoms with Gasteiger partial charge in [-0.05, 0) is 60.2 Å². The first-order valence-corrected chi connectivity index (χ1v) is 9.83. The van der Waals surface area contributed by atoms with E-state index in [1.807, 2.05) is 31.2 Å². The highest BCUT2D eigenvalue weighted by Gasteiger charge is 2.09. The molecule has 152 valence electrons. The molecule has 0 aliphatic carbocycles. The number of phenolic OH excluding ortho intramolecular Hbond substituents is 1. The van der Waals surface area contributed by atoms with Crippen LogP contribution in [0.25, 0.3) is 10.9 Å². The molecule has 1 aromatic heterocycles.